The monoisotopic (exact) mass is 1050 g/mol. The van der Waals surface area contributed by atoms with E-state index in [0.29, 0.717) is 0 Å². The van der Waals surface area contributed by atoms with Gasteiger partial charge in [-0.15, -0.1) is 18.2 Å². The summed E-state index contributed by atoms with van der Waals surface area (Å²) in [6.07, 6.45) is 2.00. The molecule has 0 aliphatic rings. The Morgan fingerprint density at radius 2 is 1.38 bits per heavy atom. The van der Waals surface area contributed by atoms with Crippen LogP contribution in [0.15, 0.2) is 170 Å². The van der Waals surface area contributed by atoms with Gasteiger partial charge in [-0.25, -0.2) is 4.39 Å². The number of fused-ring (bicyclic) bond motifs is 4. The number of nitrogens with zero attached hydrogens (tertiary/aromatic N) is 3. The van der Waals surface area contributed by atoms with Crippen LogP contribution in [0.25, 0.3) is 81.8 Å². The molecule has 0 saturated heterocycles. The van der Waals surface area contributed by atoms with Crippen molar-refractivity contribution in [1.29, 1.82) is 0 Å². The van der Waals surface area contributed by atoms with Crippen molar-refractivity contribution < 1.29 is 25.9 Å². The first-order valence-corrected chi connectivity index (χ1v) is 28.3. The molecule has 0 aliphatic carbocycles. The summed E-state index contributed by atoms with van der Waals surface area (Å²) < 4.78 is 28.2. The van der Waals surface area contributed by atoms with E-state index in [-0.39, 0.29) is 25.9 Å². The van der Waals surface area contributed by atoms with Crippen LogP contribution in [0.4, 0.5) is 4.39 Å². The van der Waals surface area contributed by atoms with Crippen molar-refractivity contribution in [2.75, 3.05) is 0 Å². The van der Waals surface area contributed by atoms with E-state index in [4.69, 9.17) is 6.35 Å². The predicted octanol–water partition coefficient (Wildman–Crippen LogP) is 14.5. The fourth-order valence-electron chi connectivity index (χ4n) is 7.95. The largest absolute Gasteiger partial charge is 0 e. The van der Waals surface area contributed by atoms with Gasteiger partial charge in [0.1, 0.15) is 5.82 Å². The van der Waals surface area contributed by atoms with E-state index >= 15 is 0 Å². The van der Waals surface area contributed by atoms with E-state index in [0.717, 1.165) is 87.4 Å². The molecule has 7 heteroatoms. The molecule has 0 N–H and O–H groups in total. The Morgan fingerprint density at radius 1 is 0.705 bits per heavy atom. The van der Waals surface area contributed by atoms with Crippen LogP contribution in [-0.2, 0) is 20.1 Å². The molecule has 10 rings (SSSR count). The maximum absolute atomic E-state index is 14.2. The van der Waals surface area contributed by atoms with Gasteiger partial charge in [-0.2, -0.15) is 11.3 Å². The molecule has 0 fully saturated rings. The Labute approximate surface area is 379 Å². The van der Waals surface area contributed by atoms with Crippen molar-refractivity contribution in [2.45, 2.75) is 37.0 Å². The molecule has 0 amide bonds. The Bertz CT molecular complexity index is 3120. The van der Waals surface area contributed by atoms with Crippen LogP contribution in [0.1, 0.15) is 26.7 Å². The molecule has 1 radical (unpaired) electrons. The maximum atomic E-state index is 14.2. The first-order chi connectivity index (χ1) is 29.5. The van der Waals surface area contributed by atoms with Crippen molar-refractivity contribution in [3.63, 3.8) is 0 Å². The van der Waals surface area contributed by atoms with Gasteiger partial charge in [-0.3, -0.25) is 4.98 Å². The van der Waals surface area contributed by atoms with E-state index in [9.17, 15) is 4.39 Å². The van der Waals surface area contributed by atoms with Crippen LogP contribution >= 0.6 is 11.3 Å². The topological polar surface area (TPSA) is 30.7 Å². The van der Waals surface area contributed by atoms with Gasteiger partial charge in [0.25, 0.3) is 0 Å². The van der Waals surface area contributed by atoms with Crippen LogP contribution in [0.2, 0.25) is 17.3 Å². The van der Waals surface area contributed by atoms with Crippen LogP contribution in [0.5, 0.6) is 0 Å². The summed E-state index contributed by atoms with van der Waals surface area (Å²) in [5, 5.41) is 2.12. The van der Waals surface area contributed by atoms with Crippen LogP contribution in [0, 0.1) is 17.9 Å². The molecule has 3 heterocycles. The molecule has 0 bridgehead atoms. The fourth-order valence-corrected chi connectivity index (χ4v) is 12.5. The number of benzene rings is 7. The van der Waals surface area contributed by atoms with Crippen molar-refractivity contribution in [1.82, 2.24) is 14.5 Å². The number of para-hydroxylation sites is 3. The standard InChI is InChI=1S/C37H22FN2S.C17H22GeN.Ir/c38-26-21-22-29-30-17-10-18-31(36(30)41-34(29)23-26)37-39-32-19-7-8-20-33(32)40(37)35-27(24-11-3-1-4-12-24)15-9-16-28(35)25-13-5-2-6-14-25;1-13(2)15-11-17(14-9-7-6-8-10-14)19-12-16(15)18(3,4)5;/h1-17,19-23H;6-9,11-13H,1-5H3;/q2*-1;/i;13D;. The third-order valence-corrected chi connectivity index (χ3v) is 16.3. The van der Waals surface area contributed by atoms with E-state index in [1.165, 1.54) is 10.5 Å². The van der Waals surface area contributed by atoms with Crippen LogP contribution < -0.4 is 4.40 Å². The molecule has 61 heavy (non-hydrogen) atoms. The minimum Gasteiger partial charge on any atom is 0 e. The number of hydrogen-bond acceptors (Lipinski definition) is 3. The van der Waals surface area contributed by atoms with Crippen LogP contribution in [-0.4, -0.2) is 27.8 Å². The summed E-state index contributed by atoms with van der Waals surface area (Å²) in [7, 11) is 0. The normalized spacial score (nSPS) is 11.9. The molecule has 0 saturated carbocycles. The van der Waals surface area contributed by atoms with Gasteiger partial charge in [0.15, 0.2) is 0 Å². The molecule has 3 aromatic heterocycles. The van der Waals surface area contributed by atoms with Crippen molar-refractivity contribution in [3.8, 4) is 50.6 Å². The van der Waals surface area contributed by atoms with Crippen LogP contribution in [0.3, 0.4) is 0 Å². The number of halogens is 1. The minimum absolute atomic E-state index is 0. The van der Waals surface area contributed by atoms with Gasteiger partial charge in [0.05, 0.1) is 22.5 Å². The zero-order valence-corrected chi connectivity index (χ0v) is 39.9. The average Bonchev–Trinajstić information content (AvgIpc) is 3.84. The quantitative estimate of drug-likeness (QED) is 0.118. The van der Waals surface area contributed by atoms with Crippen molar-refractivity contribution >= 4 is 60.2 Å². The fraction of sp³-hybridized carbons (Fsp3) is 0.111. The van der Waals surface area contributed by atoms with E-state index < -0.39 is 19.2 Å². The number of imidazole rings is 1. The SMILES string of the molecule is Fc1ccc2c(c1)sc1c(-c3nc4ccccc4n3-c3c(-c4ccccc4)cccc3-c3ccccc3)[c-]ccc12.[2H]C(C)(C)c1cc(-c2[c-]cccc2)nc[c]1[Ge]([CH3])([CH3])[CH3].[Ir]. The predicted molar refractivity (Wildman–Crippen MR) is 255 cm³/mol. The van der Waals surface area contributed by atoms with Gasteiger partial charge in [0.2, 0.25) is 0 Å². The number of pyridine rings is 1. The van der Waals surface area contributed by atoms with Gasteiger partial charge in [-0.1, -0.05) is 108 Å². The first kappa shape index (κ1) is 40.9. The van der Waals surface area contributed by atoms with E-state index in [1.54, 1.807) is 17.4 Å². The Balaban J connectivity index is 0.000000214. The Morgan fingerprint density at radius 3 is 2.03 bits per heavy atom. The molecular weight excluding hydrogens is 1010 g/mol. The molecule has 0 atom stereocenters. The third kappa shape index (κ3) is 8.43. The number of aromatic nitrogens is 3. The minimum atomic E-state index is -2.03. The third-order valence-electron chi connectivity index (χ3n) is 10.8. The summed E-state index contributed by atoms with van der Waals surface area (Å²) >= 11 is -0.438. The number of rotatable bonds is 7. The van der Waals surface area contributed by atoms with E-state index in [1.807, 2.05) is 74.6 Å². The molecular formula is C54H44FGeIrN3S-2. The second-order valence-electron chi connectivity index (χ2n) is 16.2. The smallest absolute Gasteiger partial charge is 0 e. The molecule has 10 aromatic rings. The summed E-state index contributed by atoms with van der Waals surface area (Å²) in [5.41, 5.74) is 11.4. The molecule has 0 spiro atoms. The first-order valence-electron chi connectivity index (χ1n) is 20.7. The average molecular weight is 1050 g/mol. The molecule has 0 aliphatic heterocycles. The van der Waals surface area contributed by atoms with Crippen molar-refractivity contribution in [3.05, 3.63) is 194 Å². The Kier molecular flexibility index (Phi) is 12.0. The number of hydrogen-bond donors (Lipinski definition) is 0. The molecule has 7 aromatic carbocycles. The van der Waals surface area contributed by atoms with E-state index in [2.05, 4.69) is 136 Å². The summed E-state index contributed by atoms with van der Waals surface area (Å²) in [6.45, 7) is 3.91. The summed E-state index contributed by atoms with van der Waals surface area (Å²) in [4.78, 5) is 9.85. The molecule has 3 nitrogen and oxygen atoms in total. The molecule has 303 valence electrons. The van der Waals surface area contributed by atoms with Gasteiger partial charge >= 0.3 is 120 Å². The van der Waals surface area contributed by atoms with Gasteiger partial charge in [0, 0.05) is 35.9 Å². The zero-order chi connectivity index (χ0) is 42.3. The van der Waals surface area contributed by atoms with Gasteiger partial charge in [-0.05, 0) is 45.5 Å². The molecule has 0 unspecified atom stereocenters. The maximum Gasteiger partial charge on any atom is 0 e. The zero-order valence-electron chi connectivity index (χ0n) is 35.6. The van der Waals surface area contributed by atoms with Crippen molar-refractivity contribution in [2.24, 2.45) is 0 Å². The summed E-state index contributed by atoms with van der Waals surface area (Å²) in [5.74, 6) is 7.03. The number of thiophene rings is 1. The second kappa shape index (κ2) is 17.8. The summed E-state index contributed by atoms with van der Waals surface area (Å²) in [6, 6.07) is 61.5. The Hall–Kier alpha value is -5.50. The second-order valence-corrected chi connectivity index (χ2v) is 27.8. The van der Waals surface area contributed by atoms with Gasteiger partial charge < -0.3 is 4.57 Å².